The number of esters is 2. The van der Waals surface area contributed by atoms with Crippen LogP contribution in [0.4, 0.5) is 0 Å². The number of aliphatic carboxylic acids is 1. The highest BCUT2D eigenvalue weighted by Gasteiger charge is 2.50. The van der Waals surface area contributed by atoms with E-state index in [-0.39, 0.29) is 69.1 Å². The van der Waals surface area contributed by atoms with Crippen molar-refractivity contribution in [2.75, 3.05) is 13.6 Å². The Morgan fingerprint density at radius 1 is 0.753 bits per heavy atom. The van der Waals surface area contributed by atoms with Gasteiger partial charge in [0.25, 0.3) is 0 Å². The Kier molecular flexibility index (Phi) is 32.1. The summed E-state index contributed by atoms with van der Waals surface area (Å²) in [7, 11) is 1.63. The molecule has 21 heteroatoms. The number of rotatable bonds is 13. The van der Waals surface area contributed by atoms with E-state index in [2.05, 4.69) is 10.3 Å². The molecule has 15 N–H and O–H groups in total. The molecule has 0 aliphatic carbocycles. The average molecular weight is 1100 g/mol. The van der Waals surface area contributed by atoms with Gasteiger partial charge in [0.05, 0.1) is 61.0 Å². The number of unbranched alkanes of at least 4 members (excludes halogenated alkanes) is 5. The standard InChI is InChI=1S/C56H101N3O18/c1-32-17-15-18-36(5)54(73)76-52(34(3)16-13-11-9-10-12-14-23-59-55(57)58-8)35(4)20-22-44(63)37(6)46(65)26-40(61)24-39(60)25-41(75-51(71)30-50(69)70)27-42-28-48(67)53(72)56(74,77-42)31-49(68)33(2)19-21-43(62)38(7)47(66)29-45(32)64/h18,20,22,32-35,37-49,52-53,60-68,72,74H,9-17,19,21,23-31H2,1-8H3,(H,69,70)(H3,57,58,59)/b22-20+,36-18-/t32-,33-,34+,35-,37+,38-,39-,40+,41+,42+,43-,44-,45+,46+,47+,48+,49+,52+,53-,56-/m1/s1. The lowest BCUT2D eigenvalue weighted by atomic mass is 9.83. The van der Waals surface area contributed by atoms with Gasteiger partial charge in [-0.15, -0.1) is 0 Å². The molecule has 2 aliphatic heterocycles. The molecule has 0 radical (unpaired) electrons. The number of hydrogen-bond acceptors (Lipinski definition) is 18. The number of guanidine groups is 1. The fourth-order valence-corrected chi connectivity index (χ4v) is 10.3. The van der Waals surface area contributed by atoms with E-state index in [9.17, 15) is 75.7 Å². The summed E-state index contributed by atoms with van der Waals surface area (Å²) < 4.78 is 17.5. The van der Waals surface area contributed by atoms with Crippen LogP contribution in [-0.4, -0.2) is 184 Å². The first kappa shape index (κ1) is 69.8. The number of aliphatic hydroxyl groups excluding tert-OH is 10. The molecule has 77 heavy (non-hydrogen) atoms. The van der Waals surface area contributed by atoms with E-state index in [0.29, 0.717) is 24.4 Å². The number of nitrogens with one attached hydrogen (secondary N) is 1. The smallest absolute Gasteiger partial charge is 0.333 e. The van der Waals surface area contributed by atoms with Crippen LogP contribution in [0.5, 0.6) is 0 Å². The summed E-state index contributed by atoms with van der Waals surface area (Å²) in [5, 5.41) is 135. The lowest BCUT2D eigenvalue weighted by molar-refractivity contribution is -0.333. The van der Waals surface area contributed by atoms with Gasteiger partial charge in [0.2, 0.25) is 0 Å². The van der Waals surface area contributed by atoms with Crippen molar-refractivity contribution in [3.8, 4) is 0 Å². The van der Waals surface area contributed by atoms with Crippen LogP contribution in [0.25, 0.3) is 0 Å². The molecule has 0 spiro atoms. The predicted molar refractivity (Wildman–Crippen MR) is 288 cm³/mol. The molecule has 2 bridgehead atoms. The number of nitrogens with zero attached hydrogens (tertiary/aromatic N) is 1. The molecule has 0 amide bonds. The van der Waals surface area contributed by atoms with Crippen molar-refractivity contribution in [1.29, 1.82) is 0 Å². The van der Waals surface area contributed by atoms with E-state index in [4.69, 9.17) is 19.9 Å². The van der Waals surface area contributed by atoms with Gasteiger partial charge in [0.15, 0.2) is 11.7 Å². The monoisotopic (exact) mass is 1100 g/mol. The summed E-state index contributed by atoms with van der Waals surface area (Å²) in [5.74, 6) is -8.17. The number of ether oxygens (including phenoxy) is 3. The summed E-state index contributed by atoms with van der Waals surface area (Å²) >= 11 is 0. The highest BCUT2D eigenvalue weighted by molar-refractivity contribution is 5.90. The minimum Gasteiger partial charge on any atom is -0.481 e. The number of nitrogens with two attached hydrogens (primary N) is 1. The fraction of sp³-hybridized carbons (Fsp3) is 0.857. The third-order valence-corrected chi connectivity index (χ3v) is 16.0. The summed E-state index contributed by atoms with van der Waals surface area (Å²) in [4.78, 5) is 41.6. The van der Waals surface area contributed by atoms with Crippen molar-refractivity contribution in [3.63, 3.8) is 0 Å². The average Bonchev–Trinajstić information content (AvgIpc) is 3.35. The maximum Gasteiger partial charge on any atom is 0.333 e. The van der Waals surface area contributed by atoms with Gasteiger partial charge < -0.3 is 86.5 Å². The fourth-order valence-electron chi connectivity index (χ4n) is 10.3. The second kappa shape index (κ2) is 35.4. The van der Waals surface area contributed by atoms with E-state index >= 15 is 0 Å². The van der Waals surface area contributed by atoms with Gasteiger partial charge in [-0.1, -0.05) is 91.9 Å². The first-order chi connectivity index (χ1) is 36.1. The SMILES string of the molecule is CN=C(N)NCCCCCCCC[C@H](C)[C@@H]1OC(=O)/C(C)=C\CC[C@@H](C)[C@@H](O)C[C@H](O)[C@H](C)[C@H](O)CC[C@@H](C)[C@@H](O)C[C@@]2(O)O[C@@H](C[C@@H](OC(=O)CC(=O)O)C[C@H](O)C[C@H](O)C[C@H](O)[C@@H](C)[C@H](O)/C=C/[C@H]1C)C[C@H](O)[C@H]2O. The quantitative estimate of drug-likeness (QED) is 0.0315. The van der Waals surface area contributed by atoms with Crippen LogP contribution in [0, 0.1) is 35.5 Å². The molecule has 1 saturated heterocycles. The zero-order chi connectivity index (χ0) is 58.2. The number of fused-ring (bicyclic) bond motifs is 2. The van der Waals surface area contributed by atoms with Crippen LogP contribution in [0.1, 0.15) is 170 Å². The van der Waals surface area contributed by atoms with Crippen molar-refractivity contribution >= 4 is 23.9 Å². The Morgan fingerprint density at radius 3 is 2.01 bits per heavy atom. The van der Waals surface area contributed by atoms with Crippen LogP contribution < -0.4 is 11.1 Å². The van der Waals surface area contributed by atoms with E-state index in [0.717, 1.165) is 51.5 Å². The van der Waals surface area contributed by atoms with Crippen molar-refractivity contribution in [2.24, 2.45) is 46.2 Å². The second-order valence-electron chi connectivity index (χ2n) is 22.8. The molecule has 0 aromatic carbocycles. The first-order valence-electron chi connectivity index (χ1n) is 28.2. The first-order valence-corrected chi connectivity index (χ1v) is 28.2. The number of carbonyl (C=O) groups is 3. The molecular formula is C56H101N3O18. The maximum atomic E-state index is 13.7. The number of carboxylic acids is 1. The number of hydrogen-bond donors (Lipinski definition) is 14. The number of carboxylic acid groups (broad SMARTS) is 1. The number of carbonyl (C=O) groups excluding carboxylic acids is 2. The van der Waals surface area contributed by atoms with Gasteiger partial charge in [0, 0.05) is 62.6 Å². The third kappa shape index (κ3) is 25.8. The van der Waals surface area contributed by atoms with Gasteiger partial charge in [-0.05, 0) is 82.5 Å². The largest absolute Gasteiger partial charge is 0.481 e. The van der Waals surface area contributed by atoms with Crippen molar-refractivity contribution in [1.82, 2.24) is 5.32 Å². The van der Waals surface area contributed by atoms with Gasteiger partial charge in [-0.2, -0.15) is 0 Å². The molecule has 0 aromatic heterocycles. The highest BCUT2D eigenvalue weighted by atomic mass is 16.7. The number of allylic oxidation sites excluding steroid dienone is 1. The Labute approximate surface area is 457 Å². The summed E-state index contributed by atoms with van der Waals surface area (Å²) in [6, 6.07) is 0. The lowest BCUT2D eigenvalue weighted by Gasteiger charge is -2.45. The molecule has 0 saturated carbocycles. The van der Waals surface area contributed by atoms with E-state index in [1.165, 1.54) is 6.08 Å². The molecule has 1 fully saturated rings. The highest BCUT2D eigenvalue weighted by Crippen LogP contribution is 2.36. The van der Waals surface area contributed by atoms with E-state index < -0.39 is 134 Å². The molecule has 0 unspecified atom stereocenters. The van der Waals surface area contributed by atoms with Crippen LogP contribution in [0.2, 0.25) is 0 Å². The second-order valence-corrected chi connectivity index (χ2v) is 22.8. The van der Waals surface area contributed by atoms with Crippen LogP contribution in [0.15, 0.2) is 28.8 Å². The number of cyclic esters (lactones) is 1. The minimum absolute atomic E-state index is 0.0339. The summed E-state index contributed by atoms with van der Waals surface area (Å²) in [6.45, 7) is 13.0. The molecule has 2 rings (SSSR count). The Hall–Kier alpha value is -3.32. The molecule has 21 nitrogen and oxygen atoms in total. The van der Waals surface area contributed by atoms with Gasteiger partial charge in [0.1, 0.15) is 24.7 Å². The number of aliphatic imine (C=N–C) groups is 1. The zero-order valence-electron chi connectivity index (χ0n) is 47.2. The number of aliphatic hydroxyl groups is 11. The van der Waals surface area contributed by atoms with Crippen molar-refractivity contribution in [3.05, 3.63) is 23.8 Å². The summed E-state index contributed by atoms with van der Waals surface area (Å²) in [5.41, 5.74) is 6.08. The third-order valence-electron chi connectivity index (χ3n) is 16.0. The Balaban J connectivity index is 2.40. The maximum absolute atomic E-state index is 13.7. The Bertz CT molecular complexity index is 1810. The topological polar surface area (TPSA) is 372 Å². The molecular weight excluding hydrogens is 1000 g/mol. The van der Waals surface area contributed by atoms with Crippen LogP contribution in [0.3, 0.4) is 0 Å². The molecule has 448 valence electrons. The van der Waals surface area contributed by atoms with Crippen molar-refractivity contribution < 1.29 is 89.9 Å². The van der Waals surface area contributed by atoms with Gasteiger partial charge in [-0.3, -0.25) is 14.6 Å². The predicted octanol–water partition coefficient (Wildman–Crippen LogP) is 2.87. The minimum atomic E-state index is -2.53. The van der Waals surface area contributed by atoms with E-state index in [1.54, 1.807) is 46.9 Å². The van der Waals surface area contributed by atoms with Crippen LogP contribution >= 0.6 is 0 Å². The van der Waals surface area contributed by atoms with E-state index in [1.807, 2.05) is 20.8 Å². The molecule has 2 heterocycles. The summed E-state index contributed by atoms with van der Waals surface area (Å²) in [6.07, 6.45) is -6.59. The molecule has 20 atom stereocenters. The van der Waals surface area contributed by atoms with Gasteiger partial charge in [-0.25, -0.2) is 4.79 Å². The molecule has 0 aromatic rings. The lowest BCUT2D eigenvalue weighted by Crippen LogP contribution is -2.60. The van der Waals surface area contributed by atoms with Crippen molar-refractivity contribution in [2.45, 2.75) is 256 Å². The zero-order valence-corrected chi connectivity index (χ0v) is 47.2. The molecule has 2 aliphatic rings. The normalized spacial score (nSPS) is 38.7. The Morgan fingerprint density at radius 2 is 1.36 bits per heavy atom. The van der Waals surface area contributed by atoms with Crippen LogP contribution in [-0.2, 0) is 28.6 Å². The van der Waals surface area contributed by atoms with Gasteiger partial charge >= 0.3 is 17.9 Å².